The highest BCUT2D eigenvalue weighted by Crippen LogP contribution is 2.23. The standard InChI is InChI=1S/C15H19N3O2/c1-2-3-4-7-14(19)17-13-6-5-8-16-15(13)18-9-11-20-12-10-18/h2-8H,9-12H2,1H3,(H,17,19). The molecule has 1 fully saturated rings. The van der Waals surface area contributed by atoms with Crippen molar-refractivity contribution < 1.29 is 9.53 Å². The van der Waals surface area contributed by atoms with Crippen molar-refractivity contribution >= 4 is 17.4 Å². The second-order valence-corrected chi connectivity index (χ2v) is 4.35. The first-order chi connectivity index (χ1) is 9.81. The molecule has 0 bridgehead atoms. The summed E-state index contributed by atoms with van der Waals surface area (Å²) in [7, 11) is 0. The minimum atomic E-state index is -0.161. The lowest BCUT2D eigenvalue weighted by Gasteiger charge is -2.29. The molecule has 5 heteroatoms. The number of amides is 1. The summed E-state index contributed by atoms with van der Waals surface area (Å²) >= 11 is 0. The van der Waals surface area contributed by atoms with Crippen molar-refractivity contribution in [2.45, 2.75) is 6.92 Å². The summed E-state index contributed by atoms with van der Waals surface area (Å²) in [6.07, 6.45) is 8.62. The maximum atomic E-state index is 11.8. The number of aromatic nitrogens is 1. The Labute approximate surface area is 119 Å². The van der Waals surface area contributed by atoms with Gasteiger partial charge in [-0.1, -0.05) is 18.2 Å². The van der Waals surface area contributed by atoms with Gasteiger partial charge in [0.2, 0.25) is 5.91 Å². The van der Waals surface area contributed by atoms with Crippen LogP contribution < -0.4 is 10.2 Å². The summed E-state index contributed by atoms with van der Waals surface area (Å²) in [4.78, 5) is 18.3. The molecule has 1 aromatic rings. The fourth-order valence-corrected chi connectivity index (χ4v) is 1.95. The van der Waals surface area contributed by atoms with E-state index in [4.69, 9.17) is 4.74 Å². The topological polar surface area (TPSA) is 54.5 Å². The molecule has 1 N–H and O–H groups in total. The predicted octanol–water partition coefficient (Wildman–Crippen LogP) is 1.99. The number of ether oxygens (including phenoxy) is 1. The fourth-order valence-electron chi connectivity index (χ4n) is 1.95. The highest BCUT2D eigenvalue weighted by atomic mass is 16.5. The molecule has 20 heavy (non-hydrogen) atoms. The van der Waals surface area contributed by atoms with Gasteiger partial charge in [0.05, 0.1) is 18.9 Å². The molecule has 2 rings (SSSR count). The van der Waals surface area contributed by atoms with Gasteiger partial charge in [0.1, 0.15) is 0 Å². The second-order valence-electron chi connectivity index (χ2n) is 4.35. The van der Waals surface area contributed by atoms with Gasteiger partial charge in [-0.15, -0.1) is 0 Å². The maximum absolute atomic E-state index is 11.8. The molecule has 2 heterocycles. The first-order valence-corrected chi connectivity index (χ1v) is 6.69. The van der Waals surface area contributed by atoms with Crippen LogP contribution in [0.25, 0.3) is 0 Å². The molecule has 5 nitrogen and oxygen atoms in total. The Bertz CT molecular complexity index is 506. The zero-order valence-electron chi connectivity index (χ0n) is 11.6. The molecule has 1 aliphatic rings. The summed E-state index contributed by atoms with van der Waals surface area (Å²) in [6, 6.07) is 3.68. The molecule has 0 spiro atoms. The number of allylic oxidation sites excluding steroid dienone is 3. The minimum Gasteiger partial charge on any atom is -0.378 e. The molecule has 1 aliphatic heterocycles. The Morgan fingerprint density at radius 3 is 2.95 bits per heavy atom. The van der Waals surface area contributed by atoms with Crippen LogP contribution in [0.5, 0.6) is 0 Å². The van der Waals surface area contributed by atoms with Gasteiger partial charge in [-0.3, -0.25) is 4.79 Å². The van der Waals surface area contributed by atoms with E-state index in [1.54, 1.807) is 12.3 Å². The van der Waals surface area contributed by atoms with Crippen molar-refractivity contribution in [3.63, 3.8) is 0 Å². The predicted molar refractivity (Wildman–Crippen MR) is 79.9 cm³/mol. The van der Waals surface area contributed by atoms with Crippen LogP contribution >= 0.6 is 0 Å². The number of rotatable bonds is 4. The normalized spacial score (nSPS) is 15.9. The Morgan fingerprint density at radius 2 is 2.20 bits per heavy atom. The molecule has 0 aromatic carbocycles. The molecule has 106 valence electrons. The number of carbonyl (C=O) groups is 1. The largest absolute Gasteiger partial charge is 0.378 e. The van der Waals surface area contributed by atoms with Gasteiger partial charge in [-0.2, -0.15) is 0 Å². The lowest BCUT2D eigenvalue weighted by atomic mass is 10.3. The molecule has 1 amide bonds. The van der Waals surface area contributed by atoms with E-state index < -0.39 is 0 Å². The molecule has 0 aliphatic carbocycles. The van der Waals surface area contributed by atoms with Crippen LogP contribution in [0.15, 0.2) is 42.6 Å². The third-order valence-corrected chi connectivity index (χ3v) is 2.91. The number of anilines is 2. The van der Waals surface area contributed by atoms with Crippen molar-refractivity contribution in [1.29, 1.82) is 0 Å². The van der Waals surface area contributed by atoms with Crippen molar-refractivity contribution in [3.05, 3.63) is 42.6 Å². The lowest BCUT2D eigenvalue weighted by Crippen LogP contribution is -2.37. The Morgan fingerprint density at radius 1 is 1.40 bits per heavy atom. The third-order valence-electron chi connectivity index (χ3n) is 2.91. The Hall–Kier alpha value is -2.14. The maximum Gasteiger partial charge on any atom is 0.248 e. The molecule has 0 unspecified atom stereocenters. The van der Waals surface area contributed by atoms with Gasteiger partial charge < -0.3 is 15.0 Å². The van der Waals surface area contributed by atoms with Gasteiger partial charge in [-0.25, -0.2) is 4.98 Å². The molecule has 0 radical (unpaired) electrons. The van der Waals surface area contributed by atoms with Crippen molar-refractivity contribution in [1.82, 2.24) is 4.98 Å². The quantitative estimate of drug-likeness (QED) is 0.673. The van der Waals surface area contributed by atoms with E-state index in [1.165, 1.54) is 6.08 Å². The molecular formula is C15H19N3O2. The summed E-state index contributed by atoms with van der Waals surface area (Å²) in [5, 5.41) is 2.86. The number of morpholine rings is 1. The zero-order chi connectivity index (χ0) is 14.2. The van der Waals surface area contributed by atoms with E-state index >= 15 is 0 Å². The van der Waals surface area contributed by atoms with Crippen LogP contribution in [-0.2, 0) is 9.53 Å². The second kappa shape index (κ2) is 7.45. The average molecular weight is 273 g/mol. The number of pyridine rings is 1. The third kappa shape index (κ3) is 3.93. The number of nitrogens with one attached hydrogen (secondary N) is 1. The highest BCUT2D eigenvalue weighted by Gasteiger charge is 2.16. The smallest absolute Gasteiger partial charge is 0.248 e. The van der Waals surface area contributed by atoms with E-state index in [-0.39, 0.29) is 5.91 Å². The molecule has 1 saturated heterocycles. The number of hydrogen-bond donors (Lipinski definition) is 1. The van der Waals surface area contributed by atoms with Gasteiger partial charge >= 0.3 is 0 Å². The SMILES string of the molecule is CC=CC=CC(=O)Nc1cccnc1N1CCOCC1. The van der Waals surface area contributed by atoms with Crippen molar-refractivity contribution in [3.8, 4) is 0 Å². The minimum absolute atomic E-state index is 0.161. The summed E-state index contributed by atoms with van der Waals surface area (Å²) < 4.78 is 5.33. The van der Waals surface area contributed by atoms with Crippen molar-refractivity contribution in [2.24, 2.45) is 0 Å². The van der Waals surface area contributed by atoms with E-state index in [0.717, 1.165) is 24.6 Å². The van der Waals surface area contributed by atoms with Crippen LogP contribution in [0.3, 0.4) is 0 Å². The number of hydrogen-bond acceptors (Lipinski definition) is 4. The van der Waals surface area contributed by atoms with Gasteiger partial charge in [-0.05, 0) is 19.1 Å². The summed E-state index contributed by atoms with van der Waals surface area (Å²) in [5.41, 5.74) is 0.726. The first-order valence-electron chi connectivity index (χ1n) is 6.69. The molecular weight excluding hydrogens is 254 g/mol. The van der Waals surface area contributed by atoms with E-state index in [0.29, 0.717) is 13.2 Å². The van der Waals surface area contributed by atoms with Crippen LogP contribution in [-0.4, -0.2) is 37.2 Å². The van der Waals surface area contributed by atoms with E-state index in [9.17, 15) is 4.79 Å². The number of carbonyl (C=O) groups excluding carboxylic acids is 1. The summed E-state index contributed by atoms with van der Waals surface area (Å²) in [6.45, 7) is 4.85. The molecule has 0 saturated carbocycles. The van der Waals surface area contributed by atoms with Crippen LogP contribution in [0.2, 0.25) is 0 Å². The summed E-state index contributed by atoms with van der Waals surface area (Å²) in [5.74, 6) is 0.634. The number of nitrogens with zero attached hydrogens (tertiary/aromatic N) is 2. The van der Waals surface area contributed by atoms with Crippen LogP contribution in [0, 0.1) is 0 Å². The zero-order valence-corrected chi connectivity index (χ0v) is 11.6. The monoisotopic (exact) mass is 273 g/mol. The van der Waals surface area contributed by atoms with Crippen molar-refractivity contribution in [2.75, 3.05) is 36.5 Å². The first kappa shape index (κ1) is 14.3. The van der Waals surface area contributed by atoms with E-state index in [1.807, 2.05) is 31.2 Å². The molecule has 0 atom stereocenters. The average Bonchev–Trinajstić information content (AvgIpc) is 2.49. The van der Waals surface area contributed by atoms with Crippen LogP contribution in [0.4, 0.5) is 11.5 Å². The van der Waals surface area contributed by atoms with Gasteiger partial charge in [0.25, 0.3) is 0 Å². The Kier molecular flexibility index (Phi) is 5.32. The molecule has 1 aromatic heterocycles. The van der Waals surface area contributed by atoms with Gasteiger partial charge in [0.15, 0.2) is 5.82 Å². The van der Waals surface area contributed by atoms with Gasteiger partial charge in [0, 0.05) is 25.4 Å². The highest BCUT2D eigenvalue weighted by molar-refractivity contribution is 6.01. The van der Waals surface area contributed by atoms with E-state index in [2.05, 4.69) is 15.2 Å². The van der Waals surface area contributed by atoms with Crippen LogP contribution in [0.1, 0.15) is 6.92 Å². The fraction of sp³-hybridized carbons (Fsp3) is 0.333. The lowest BCUT2D eigenvalue weighted by molar-refractivity contribution is -0.111. The Balaban J connectivity index is 2.09.